The van der Waals surface area contributed by atoms with E-state index in [-0.39, 0.29) is 6.61 Å². The summed E-state index contributed by atoms with van der Waals surface area (Å²) in [5.74, 6) is 0. The Balaban J connectivity index is 1.82. The highest BCUT2D eigenvalue weighted by atomic mass is 16.7. The lowest BCUT2D eigenvalue weighted by Crippen LogP contribution is -2.37. The molecule has 1 aliphatic rings. The third-order valence-electron chi connectivity index (χ3n) is 6.01. The summed E-state index contributed by atoms with van der Waals surface area (Å²) in [5.41, 5.74) is 0. The first-order chi connectivity index (χ1) is 14.2. The quantitative estimate of drug-likeness (QED) is 0.262. The summed E-state index contributed by atoms with van der Waals surface area (Å²) in [6.45, 7) is 2.70. The summed E-state index contributed by atoms with van der Waals surface area (Å²) in [6.07, 6.45) is 19.0. The van der Waals surface area contributed by atoms with Crippen LogP contribution in [0.25, 0.3) is 0 Å². The maximum absolute atomic E-state index is 10.1. The number of hydrogen-bond donors (Lipinski definition) is 2. The van der Waals surface area contributed by atoms with Crippen molar-refractivity contribution in [3.8, 4) is 0 Å². The molecule has 5 nitrogen and oxygen atoms in total. The van der Waals surface area contributed by atoms with Crippen molar-refractivity contribution in [1.82, 2.24) is 0 Å². The Morgan fingerprint density at radius 1 is 0.724 bits per heavy atom. The van der Waals surface area contributed by atoms with Crippen molar-refractivity contribution in [2.24, 2.45) is 0 Å². The predicted molar refractivity (Wildman–Crippen MR) is 118 cm³/mol. The van der Waals surface area contributed by atoms with Crippen molar-refractivity contribution in [3.63, 3.8) is 0 Å². The second-order valence-electron chi connectivity index (χ2n) is 8.59. The first-order valence-electron chi connectivity index (χ1n) is 12.3. The van der Waals surface area contributed by atoms with Gasteiger partial charge in [-0.1, -0.05) is 103 Å². The van der Waals surface area contributed by atoms with Gasteiger partial charge in [-0.25, -0.2) is 0 Å². The molecular weight excluding hydrogens is 368 g/mol. The average Bonchev–Trinajstić information content (AvgIpc) is 3.05. The van der Waals surface area contributed by atoms with E-state index in [0.29, 0.717) is 6.61 Å². The maximum Gasteiger partial charge on any atom is 0.186 e. The summed E-state index contributed by atoms with van der Waals surface area (Å²) in [6, 6.07) is 0. The molecule has 0 amide bonds. The smallest absolute Gasteiger partial charge is 0.186 e. The molecule has 1 heterocycles. The van der Waals surface area contributed by atoms with E-state index in [1.165, 1.54) is 97.0 Å². The van der Waals surface area contributed by atoms with Crippen LogP contribution in [0.2, 0.25) is 0 Å². The lowest BCUT2D eigenvalue weighted by Gasteiger charge is -2.19. The van der Waals surface area contributed by atoms with E-state index in [1.54, 1.807) is 0 Å². The predicted octanol–water partition coefficient (Wildman–Crippen LogP) is 5.36. The van der Waals surface area contributed by atoms with E-state index < -0.39 is 24.6 Å². The molecule has 0 bridgehead atoms. The Bertz CT molecular complexity index is 350. The first-order valence-corrected chi connectivity index (χ1v) is 12.3. The molecule has 2 N–H and O–H groups in total. The molecule has 174 valence electrons. The number of aliphatic hydroxyl groups excluding tert-OH is 2. The third kappa shape index (κ3) is 12.3. The molecule has 4 atom stereocenters. The largest absolute Gasteiger partial charge is 0.394 e. The van der Waals surface area contributed by atoms with Crippen molar-refractivity contribution in [3.05, 3.63) is 0 Å². The van der Waals surface area contributed by atoms with Gasteiger partial charge in [0.25, 0.3) is 0 Å². The summed E-state index contributed by atoms with van der Waals surface area (Å²) in [5, 5.41) is 19.4. The van der Waals surface area contributed by atoms with Crippen molar-refractivity contribution < 1.29 is 24.4 Å². The van der Waals surface area contributed by atoms with Gasteiger partial charge in [0.1, 0.15) is 18.3 Å². The van der Waals surface area contributed by atoms with E-state index in [4.69, 9.17) is 14.2 Å². The highest BCUT2D eigenvalue weighted by Gasteiger charge is 2.44. The van der Waals surface area contributed by atoms with Gasteiger partial charge < -0.3 is 24.4 Å². The second kappa shape index (κ2) is 18.6. The van der Waals surface area contributed by atoms with Gasteiger partial charge in [-0.15, -0.1) is 0 Å². The number of ether oxygens (including phenoxy) is 3. The van der Waals surface area contributed by atoms with Crippen LogP contribution in [0.1, 0.15) is 110 Å². The van der Waals surface area contributed by atoms with Gasteiger partial charge >= 0.3 is 0 Å². The highest BCUT2D eigenvalue weighted by Crippen LogP contribution is 2.24. The Labute approximate surface area is 179 Å². The summed E-state index contributed by atoms with van der Waals surface area (Å²) in [4.78, 5) is 0. The molecule has 0 aliphatic carbocycles. The Hall–Kier alpha value is -0.200. The Morgan fingerprint density at radius 2 is 1.17 bits per heavy atom. The van der Waals surface area contributed by atoms with Gasteiger partial charge in [0.2, 0.25) is 0 Å². The molecule has 0 aromatic carbocycles. The number of unbranched alkanes of at least 4 members (excludes halogenated alkanes) is 15. The van der Waals surface area contributed by atoms with Gasteiger partial charge in [0.15, 0.2) is 6.29 Å². The number of hydrogen-bond acceptors (Lipinski definition) is 5. The summed E-state index contributed by atoms with van der Waals surface area (Å²) >= 11 is 0. The lowest BCUT2D eigenvalue weighted by molar-refractivity contribution is -0.153. The standard InChI is InChI=1S/C24H48O5/c1-3-4-5-6-7-8-9-10-11-12-13-14-15-16-17-18-19-28-23-21(20-25)29-24(27-2)22(23)26/h21-26H,3-20H2,1-2H3/t21-,22-,23-,24-/m1/s1. The molecule has 0 aromatic rings. The fraction of sp³-hybridized carbons (Fsp3) is 1.00. The molecule has 0 spiro atoms. The Kier molecular flexibility index (Phi) is 17.2. The van der Waals surface area contributed by atoms with Crippen LogP contribution in [0.15, 0.2) is 0 Å². The summed E-state index contributed by atoms with van der Waals surface area (Å²) in [7, 11) is 1.49. The molecule has 1 saturated heterocycles. The molecule has 0 radical (unpaired) electrons. The molecular formula is C24H48O5. The van der Waals surface area contributed by atoms with Gasteiger partial charge in [-0.2, -0.15) is 0 Å². The number of rotatable bonds is 20. The van der Waals surface area contributed by atoms with E-state index in [2.05, 4.69) is 6.92 Å². The second-order valence-corrected chi connectivity index (χ2v) is 8.59. The summed E-state index contributed by atoms with van der Waals surface area (Å²) < 4.78 is 16.2. The van der Waals surface area contributed by atoms with E-state index in [9.17, 15) is 10.2 Å². The minimum Gasteiger partial charge on any atom is -0.394 e. The molecule has 0 saturated carbocycles. The van der Waals surface area contributed by atoms with E-state index in [1.807, 2.05) is 0 Å². The van der Waals surface area contributed by atoms with Gasteiger partial charge in [0, 0.05) is 13.7 Å². The molecule has 5 heteroatoms. The first kappa shape index (κ1) is 26.8. The van der Waals surface area contributed by atoms with Gasteiger partial charge in [0.05, 0.1) is 6.61 Å². The van der Waals surface area contributed by atoms with Crippen LogP contribution < -0.4 is 0 Å². The molecule has 0 unspecified atom stereocenters. The van der Waals surface area contributed by atoms with Crippen molar-refractivity contribution >= 4 is 0 Å². The SMILES string of the molecule is CCCCCCCCCCCCCCCCCCO[C@H]1[C@@H](O)[C@H](OC)O[C@@H]1CO. The van der Waals surface area contributed by atoms with Gasteiger partial charge in [-0.05, 0) is 6.42 Å². The fourth-order valence-electron chi connectivity index (χ4n) is 4.12. The average molecular weight is 417 g/mol. The van der Waals surface area contributed by atoms with Crippen LogP contribution >= 0.6 is 0 Å². The zero-order chi connectivity index (χ0) is 21.2. The zero-order valence-corrected chi connectivity index (χ0v) is 19.2. The molecule has 0 aromatic heterocycles. The zero-order valence-electron chi connectivity index (χ0n) is 19.2. The van der Waals surface area contributed by atoms with Crippen LogP contribution in [0.5, 0.6) is 0 Å². The highest BCUT2D eigenvalue weighted by molar-refractivity contribution is 4.87. The Morgan fingerprint density at radius 3 is 1.59 bits per heavy atom. The maximum atomic E-state index is 10.1. The lowest BCUT2D eigenvalue weighted by atomic mass is 10.0. The minimum absolute atomic E-state index is 0.166. The molecule has 1 fully saturated rings. The van der Waals surface area contributed by atoms with Crippen molar-refractivity contribution in [2.45, 2.75) is 134 Å². The topological polar surface area (TPSA) is 68.2 Å². The van der Waals surface area contributed by atoms with Crippen molar-refractivity contribution in [1.29, 1.82) is 0 Å². The van der Waals surface area contributed by atoms with E-state index in [0.717, 1.165) is 12.8 Å². The van der Waals surface area contributed by atoms with Crippen LogP contribution in [-0.2, 0) is 14.2 Å². The monoisotopic (exact) mass is 416 g/mol. The van der Waals surface area contributed by atoms with Gasteiger partial charge in [-0.3, -0.25) is 0 Å². The van der Waals surface area contributed by atoms with Crippen LogP contribution in [0.3, 0.4) is 0 Å². The fourth-order valence-corrected chi connectivity index (χ4v) is 4.12. The molecule has 29 heavy (non-hydrogen) atoms. The van der Waals surface area contributed by atoms with E-state index >= 15 is 0 Å². The minimum atomic E-state index is -0.835. The van der Waals surface area contributed by atoms with Crippen molar-refractivity contribution in [2.75, 3.05) is 20.3 Å². The van der Waals surface area contributed by atoms with Crippen LogP contribution in [-0.4, -0.2) is 55.1 Å². The van der Waals surface area contributed by atoms with Crippen LogP contribution in [0, 0.1) is 0 Å². The number of methoxy groups -OCH3 is 1. The van der Waals surface area contributed by atoms with Crippen LogP contribution in [0.4, 0.5) is 0 Å². The molecule has 1 rings (SSSR count). The third-order valence-corrected chi connectivity index (χ3v) is 6.01. The normalized spacial score (nSPS) is 24.4. The molecule has 1 aliphatic heterocycles. The number of aliphatic hydroxyl groups is 2.